The molecule has 0 aliphatic heterocycles. The van der Waals surface area contributed by atoms with Crippen LogP contribution in [0.2, 0.25) is 0 Å². The molecule has 15 heavy (non-hydrogen) atoms. The largest absolute Gasteiger partial charge is 0.320 e. The minimum Gasteiger partial charge on any atom is -0.320 e. The van der Waals surface area contributed by atoms with Crippen molar-refractivity contribution in [2.45, 2.75) is 12.8 Å². The molecule has 1 aliphatic carbocycles. The van der Waals surface area contributed by atoms with Gasteiger partial charge in [-0.25, -0.2) is 0 Å². The van der Waals surface area contributed by atoms with Crippen LogP contribution >= 0.6 is 0 Å². The van der Waals surface area contributed by atoms with Gasteiger partial charge in [0.25, 0.3) is 0 Å². The van der Waals surface area contributed by atoms with Gasteiger partial charge in [-0.15, -0.1) is 0 Å². The Hall–Kier alpha value is -1.59. The molecule has 0 aromatic heterocycles. The summed E-state index contributed by atoms with van der Waals surface area (Å²) < 4.78 is 0. The Morgan fingerprint density at radius 1 is 1.33 bits per heavy atom. The van der Waals surface area contributed by atoms with Gasteiger partial charge in [0, 0.05) is 17.0 Å². The van der Waals surface area contributed by atoms with E-state index in [9.17, 15) is 4.79 Å². The van der Waals surface area contributed by atoms with Crippen LogP contribution in [0.4, 0.5) is 0 Å². The smallest absolute Gasteiger partial charge is 0.165 e. The van der Waals surface area contributed by atoms with E-state index in [0.29, 0.717) is 6.54 Å². The zero-order valence-corrected chi connectivity index (χ0v) is 8.49. The van der Waals surface area contributed by atoms with E-state index in [1.54, 1.807) is 0 Å². The van der Waals surface area contributed by atoms with Crippen molar-refractivity contribution < 1.29 is 4.79 Å². The Morgan fingerprint density at radius 2 is 2.00 bits per heavy atom. The van der Waals surface area contributed by atoms with Crippen LogP contribution in [0.25, 0.3) is 0 Å². The molecule has 0 heterocycles. The molecule has 76 valence electrons. The first-order chi connectivity index (χ1) is 7.31. The number of benzene rings is 1. The summed E-state index contributed by atoms with van der Waals surface area (Å²) in [5.74, 6) is 6.27. The van der Waals surface area contributed by atoms with E-state index in [0.717, 1.165) is 24.0 Å². The van der Waals surface area contributed by atoms with Gasteiger partial charge in [-0.1, -0.05) is 24.0 Å². The number of nitrogens with two attached hydrogens (primary N) is 1. The van der Waals surface area contributed by atoms with Crippen molar-refractivity contribution in [2.24, 2.45) is 11.7 Å². The molecule has 0 unspecified atom stereocenters. The SMILES string of the molecule is NCC#Cc1ccc(C(=O)C2CC2)cc1. The fraction of sp³-hybridized carbons (Fsp3) is 0.308. The van der Waals surface area contributed by atoms with Crippen molar-refractivity contribution in [3.05, 3.63) is 35.4 Å². The summed E-state index contributed by atoms with van der Waals surface area (Å²) in [6.07, 6.45) is 2.10. The lowest BCUT2D eigenvalue weighted by Crippen LogP contribution is -2.00. The van der Waals surface area contributed by atoms with Crippen LogP contribution in [-0.4, -0.2) is 12.3 Å². The second-order valence-electron chi connectivity index (χ2n) is 3.72. The van der Waals surface area contributed by atoms with E-state index in [-0.39, 0.29) is 11.7 Å². The standard InChI is InChI=1S/C13H13NO/c14-9-1-2-10-3-5-11(6-4-10)13(15)12-7-8-12/h3-6,12H,7-9,14H2. The first-order valence-corrected chi connectivity index (χ1v) is 5.14. The summed E-state index contributed by atoms with van der Waals surface area (Å²) in [5, 5.41) is 0. The molecule has 0 atom stereocenters. The summed E-state index contributed by atoms with van der Waals surface area (Å²) in [6, 6.07) is 7.44. The predicted octanol–water partition coefficient (Wildman–Crippen LogP) is 1.59. The van der Waals surface area contributed by atoms with Crippen molar-refractivity contribution in [1.29, 1.82) is 0 Å². The molecular weight excluding hydrogens is 186 g/mol. The maximum Gasteiger partial charge on any atom is 0.165 e. The molecular formula is C13H13NO. The van der Waals surface area contributed by atoms with E-state index < -0.39 is 0 Å². The van der Waals surface area contributed by atoms with Gasteiger partial charge >= 0.3 is 0 Å². The second-order valence-corrected chi connectivity index (χ2v) is 3.72. The molecule has 2 rings (SSSR count). The minimum atomic E-state index is 0.272. The van der Waals surface area contributed by atoms with Crippen molar-refractivity contribution in [2.75, 3.05) is 6.54 Å². The number of rotatable bonds is 2. The predicted molar refractivity (Wildman–Crippen MR) is 59.4 cm³/mol. The molecule has 0 amide bonds. The van der Waals surface area contributed by atoms with Gasteiger partial charge < -0.3 is 5.73 Å². The molecule has 1 aromatic carbocycles. The first kappa shape index (κ1) is 9.95. The highest BCUT2D eigenvalue weighted by atomic mass is 16.1. The summed E-state index contributed by atoms with van der Waals surface area (Å²) in [4.78, 5) is 11.7. The molecule has 0 spiro atoms. The molecule has 1 saturated carbocycles. The van der Waals surface area contributed by atoms with E-state index in [1.807, 2.05) is 24.3 Å². The maximum atomic E-state index is 11.7. The molecule has 2 N–H and O–H groups in total. The van der Waals surface area contributed by atoms with Crippen LogP contribution in [0.3, 0.4) is 0 Å². The van der Waals surface area contributed by atoms with E-state index >= 15 is 0 Å². The third-order valence-corrected chi connectivity index (χ3v) is 2.45. The lowest BCUT2D eigenvalue weighted by atomic mass is 10.1. The van der Waals surface area contributed by atoms with E-state index in [2.05, 4.69) is 11.8 Å². The molecule has 2 nitrogen and oxygen atoms in total. The molecule has 1 fully saturated rings. The number of hydrogen-bond donors (Lipinski definition) is 1. The fourth-order valence-corrected chi connectivity index (χ4v) is 1.45. The number of Topliss-reactive ketones (excluding diaryl/α,β-unsaturated/α-hetero) is 1. The highest BCUT2D eigenvalue weighted by molar-refractivity contribution is 5.99. The Balaban J connectivity index is 2.12. The van der Waals surface area contributed by atoms with Crippen LogP contribution < -0.4 is 5.73 Å². The van der Waals surface area contributed by atoms with Crippen LogP contribution in [-0.2, 0) is 0 Å². The normalized spacial score (nSPS) is 14.2. The van der Waals surface area contributed by atoms with Gasteiger partial charge in [0.15, 0.2) is 5.78 Å². The van der Waals surface area contributed by atoms with E-state index in [1.165, 1.54) is 0 Å². The topological polar surface area (TPSA) is 43.1 Å². The second kappa shape index (κ2) is 4.29. The fourth-order valence-electron chi connectivity index (χ4n) is 1.45. The molecule has 0 radical (unpaired) electrons. The van der Waals surface area contributed by atoms with Gasteiger partial charge in [-0.2, -0.15) is 0 Å². The van der Waals surface area contributed by atoms with Crippen LogP contribution in [0.15, 0.2) is 24.3 Å². The number of hydrogen-bond acceptors (Lipinski definition) is 2. The summed E-state index contributed by atoms with van der Waals surface area (Å²) in [7, 11) is 0. The molecule has 0 saturated heterocycles. The van der Waals surface area contributed by atoms with Gasteiger partial charge in [-0.05, 0) is 25.0 Å². The third kappa shape index (κ3) is 2.45. The lowest BCUT2D eigenvalue weighted by Gasteiger charge is -1.98. The van der Waals surface area contributed by atoms with Gasteiger partial charge in [0.1, 0.15) is 0 Å². The van der Waals surface area contributed by atoms with Gasteiger partial charge in [0.05, 0.1) is 6.54 Å². The quantitative estimate of drug-likeness (QED) is 0.580. The summed E-state index contributed by atoms with van der Waals surface area (Å²) >= 11 is 0. The van der Waals surface area contributed by atoms with Crippen molar-refractivity contribution in [1.82, 2.24) is 0 Å². The number of ketones is 1. The van der Waals surface area contributed by atoms with Crippen LogP contribution in [0, 0.1) is 17.8 Å². The zero-order valence-electron chi connectivity index (χ0n) is 8.49. The highest BCUT2D eigenvalue weighted by Gasteiger charge is 2.30. The van der Waals surface area contributed by atoms with Gasteiger partial charge in [0.2, 0.25) is 0 Å². The number of carbonyl (C=O) groups is 1. The average Bonchev–Trinajstić information content (AvgIpc) is 3.10. The van der Waals surface area contributed by atoms with Crippen LogP contribution in [0.1, 0.15) is 28.8 Å². The molecule has 1 aromatic rings. The Kier molecular flexibility index (Phi) is 2.84. The van der Waals surface area contributed by atoms with Crippen molar-refractivity contribution in [3.63, 3.8) is 0 Å². The Morgan fingerprint density at radius 3 is 2.53 bits per heavy atom. The third-order valence-electron chi connectivity index (χ3n) is 2.45. The summed E-state index contributed by atoms with van der Waals surface area (Å²) in [5.41, 5.74) is 6.99. The first-order valence-electron chi connectivity index (χ1n) is 5.14. The monoisotopic (exact) mass is 199 g/mol. The van der Waals surface area contributed by atoms with Crippen LogP contribution in [0.5, 0.6) is 0 Å². The Bertz CT molecular complexity index is 418. The lowest BCUT2D eigenvalue weighted by molar-refractivity contribution is 0.0967. The molecule has 1 aliphatic rings. The average molecular weight is 199 g/mol. The highest BCUT2D eigenvalue weighted by Crippen LogP contribution is 2.32. The van der Waals surface area contributed by atoms with Crippen molar-refractivity contribution >= 4 is 5.78 Å². The zero-order chi connectivity index (χ0) is 10.7. The molecule has 2 heteroatoms. The van der Waals surface area contributed by atoms with Crippen molar-refractivity contribution in [3.8, 4) is 11.8 Å². The maximum absolute atomic E-state index is 11.7. The molecule has 0 bridgehead atoms. The van der Waals surface area contributed by atoms with Gasteiger partial charge in [-0.3, -0.25) is 4.79 Å². The number of carbonyl (C=O) groups excluding carboxylic acids is 1. The summed E-state index contributed by atoms with van der Waals surface area (Å²) in [6.45, 7) is 0.364. The Labute approximate surface area is 89.5 Å². The minimum absolute atomic E-state index is 0.272. The van der Waals surface area contributed by atoms with E-state index in [4.69, 9.17) is 5.73 Å².